The van der Waals surface area contributed by atoms with Crippen LogP contribution in [0.4, 0.5) is 5.69 Å². The Kier molecular flexibility index (Phi) is 4.15. The van der Waals surface area contributed by atoms with E-state index in [-0.39, 0.29) is 12.5 Å². The molecule has 0 spiro atoms. The first-order valence-corrected chi connectivity index (χ1v) is 5.88. The molecule has 0 saturated carbocycles. The molecule has 2 N–H and O–H groups in total. The smallest absolute Gasteiger partial charge is 0.255 e. The monoisotopic (exact) mass is 257 g/mol. The Labute approximate surface area is 111 Å². The number of methoxy groups -OCH3 is 1. The molecule has 0 bridgehead atoms. The van der Waals surface area contributed by atoms with Crippen LogP contribution in [0.5, 0.6) is 5.75 Å². The van der Waals surface area contributed by atoms with Crippen LogP contribution in [-0.4, -0.2) is 18.1 Å². The summed E-state index contributed by atoms with van der Waals surface area (Å²) in [7, 11) is 1.55. The highest BCUT2D eigenvalue weighted by Gasteiger charge is 2.09. The first-order valence-electron chi connectivity index (χ1n) is 5.88. The first kappa shape index (κ1) is 13.1. The second-order valence-corrected chi connectivity index (χ2v) is 4.01. The third kappa shape index (κ3) is 3.11. The molecule has 0 saturated heterocycles. The molecule has 19 heavy (non-hydrogen) atoms. The van der Waals surface area contributed by atoms with Crippen LogP contribution in [0.1, 0.15) is 15.9 Å². The highest BCUT2D eigenvalue weighted by molar-refractivity contribution is 6.05. The van der Waals surface area contributed by atoms with E-state index in [1.54, 1.807) is 43.5 Å². The molecule has 2 aromatic rings. The van der Waals surface area contributed by atoms with E-state index < -0.39 is 0 Å². The molecule has 0 fully saturated rings. The van der Waals surface area contributed by atoms with Gasteiger partial charge >= 0.3 is 0 Å². The van der Waals surface area contributed by atoms with Crippen molar-refractivity contribution in [1.82, 2.24) is 0 Å². The van der Waals surface area contributed by atoms with Crippen molar-refractivity contribution in [3.63, 3.8) is 0 Å². The second-order valence-electron chi connectivity index (χ2n) is 4.01. The maximum absolute atomic E-state index is 12.1. The van der Waals surface area contributed by atoms with Gasteiger partial charge in [0.1, 0.15) is 5.75 Å². The third-order valence-electron chi connectivity index (χ3n) is 2.73. The van der Waals surface area contributed by atoms with Crippen molar-refractivity contribution in [2.45, 2.75) is 6.61 Å². The topological polar surface area (TPSA) is 58.6 Å². The lowest BCUT2D eigenvalue weighted by Gasteiger charge is -2.10. The number of aliphatic hydroxyl groups excluding tert-OH is 1. The van der Waals surface area contributed by atoms with Crippen LogP contribution in [0.25, 0.3) is 0 Å². The number of carbonyl (C=O) groups is 1. The van der Waals surface area contributed by atoms with E-state index in [4.69, 9.17) is 9.84 Å². The summed E-state index contributed by atoms with van der Waals surface area (Å²) in [5.41, 5.74) is 1.81. The van der Waals surface area contributed by atoms with E-state index >= 15 is 0 Å². The molecular formula is C15H15NO3. The molecule has 0 aromatic heterocycles. The summed E-state index contributed by atoms with van der Waals surface area (Å²) in [5, 5.41) is 11.8. The predicted molar refractivity (Wildman–Crippen MR) is 73.3 cm³/mol. The van der Waals surface area contributed by atoms with E-state index in [2.05, 4.69) is 5.32 Å². The maximum atomic E-state index is 12.1. The van der Waals surface area contributed by atoms with Gasteiger partial charge in [0.15, 0.2) is 0 Å². The SMILES string of the molecule is COc1ccccc1NC(=O)c1cccc(CO)c1. The van der Waals surface area contributed by atoms with Gasteiger partial charge in [-0.15, -0.1) is 0 Å². The van der Waals surface area contributed by atoms with E-state index in [1.807, 2.05) is 12.1 Å². The minimum Gasteiger partial charge on any atom is -0.495 e. The molecule has 2 aromatic carbocycles. The molecular weight excluding hydrogens is 242 g/mol. The Hall–Kier alpha value is -2.33. The van der Waals surface area contributed by atoms with Gasteiger partial charge in [-0.3, -0.25) is 4.79 Å². The van der Waals surface area contributed by atoms with Crippen molar-refractivity contribution in [3.8, 4) is 5.75 Å². The van der Waals surface area contributed by atoms with Crippen molar-refractivity contribution in [3.05, 3.63) is 59.7 Å². The van der Waals surface area contributed by atoms with Crippen LogP contribution in [-0.2, 0) is 6.61 Å². The standard InChI is InChI=1S/C15H15NO3/c1-19-14-8-3-2-7-13(14)16-15(18)12-6-4-5-11(9-12)10-17/h2-9,17H,10H2,1H3,(H,16,18). The molecule has 4 heteroatoms. The molecule has 0 aliphatic carbocycles. The fraction of sp³-hybridized carbons (Fsp3) is 0.133. The molecule has 0 aliphatic rings. The average molecular weight is 257 g/mol. The van der Waals surface area contributed by atoms with Gasteiger partial charge in [-0.1, -0.05) is 24.3 Å². The van der Waals surface area contributed by atoms with Crippen molar-refractivity contribution in [2.75, 3.05) is 12.4 Å². The number of para-hydroxylation sites is 2. The first-order chi connectivity index (χ1) is 9.24. The average Bonchev–Trinajstić information content (AvgIpc) is 2.47. The number of rotatable bonds is 4. The number of hydrogen-bond acceptors (Lipinski definition) is 3. The lowest BCUT2D eigenvalue weighted by molar-refractivity contribution is 0.102. The summed E-state index contributed by atoms with van der Waals surface area (Å²) in [6.45, 7) is -0.0875. The van der Waals surface area contributed by atoms with Crippen molar-refractivity contribution < 1.29 is 14.6 Å². The molecule has 0 unspecified atom stereocenters. The summed E-state index contributed by atoms with van der Waals surface area (Å²) in [5.74, 6) is 0.369. The van der Waals surface area contributed by atoms with Crippen LogP contribution in [0.15, 0.2) is 48.5 Å². The van der Waals surface area contributed by atoms with Crippen LogP contribution >= 0.6 is 0 Å². The quantitative estimate of drug-likeness (QED) is 0.884. The number of ether oxygens (including phenoxy) is 1. The van der Waals surface area contributed by atoms with Gasteiger partial charge < -0.3 is 15.2 Å². The number of aliphatic hydroxyl groups is 1. The number of amides is 1. The zero-order valence-corrected chi connectivity index (χ0v) is 10.6. The third-order valence-corrected chi connectivity index (χ3v) is 2.73. The largest absolute Gasteiger partial charge is 0.495 e. The van der Waals surface area contributed by atoms with E-state index in [1.165, 1.54) is 0 Å². The van der Waals surface area contributed by atoms with Crippen molar-refractivity contribution >= 4 is 11.6 Å². The Bertz CT molecular complexity index is 581. The molecule has 0 heterocycles. The highest BCUT2D eigenvalue weighted by atomic mass is 16.5. The highest BCUT2D eigenvalue weighted by Crippen LogP contribution is 2.23. The van der Waals surface area contributed by atoms with E-state index in [0.717, 1.165) is 0 Å². The fourth-order valence-electron chi connectivity index (χ4n) is 1.75. The Morgan fingerprint density at radius 1 is 1.21 bits per heavy atom. The zero-order chi connectivity index (χ0) is 13.7. The molecule has 2 rings (SSSR count). The van der Waals surface area contributed by atoms with Crippen LogP contribution in [0.3, 0.4) is 0 Å². The van der Waals surface area contributed by atoms with Gasteiger partial charge in [0.2, 0.25) is 0 Å². The molecule has 0 atom stereocenters. The normalized spacial score (nSPS) is 10.0. The van der Waals surface area contributed by atoms with E-state index in [0.29, 0.717) is 22.6 Å². The van der Waals surface area contributed by atoms with Gasteiger partial charge in [0.25, 0.3) is 5.91 Å². The maximum Gasteiger partial charge on any atom is 0.255 e. The summed E-state index contributed by atoms with van der Waals surface area (Å²) in [6, 6.07) is 14.1. The second kappa shape index (κ2) is 6.02. The number of carbonyl (C=O) groups excluding carboxylic acids is 1. The summed E-state index contributed by atoms with van der Waals surface area (Å²) >= 11 is 0. The molecule has 4 nitrogen and oxygen atoms in total. The van der Waals surface area contributed by atoms with Crippen molar-refractivity contribution in [2.24, 2.45) is 0 Å². The van der Waals surface area contributed by atoms with Gasteiger partial charge in [-0.2, -0.15) is 0 Å². The van der Waals surface area contributed by atoms with Gasteiger partial charge in [-0.05, 0) is 29.8 Å². The lowest BCUT2D eigenvalue weighted by Crippen LogP contribution is -2.12. The summed E-state index contributed by atoms with van der Waals surface area (Å²) in [6.07, 6.45) is 0. The van der Waals surface area contributed by atoms with Crippen molar-refractivity contribution in [1.29, 1.82) is 0 Å². The van der Waals surface area contributed by atoms with Crippen LogP contribution in [0, 0.1) is 0 Å². The zero-order valence-electron chi connectivity index (χ0n) is 10.6. The minimum atomic E-state index is -0.236. The lowest BCUT2D eigenvalue weighted by atomic mass is 10.1. The van der Waals surface area contributed by atoms with Gasteiger partial charge in [-0.25, -0.2) is 0 Å². The Balaban J connectivity index is 2.20. The van der Waals surface area contributed by atoms with Crippen LogP contribution < -0.4 is 10.1 Å². The van der Waals surface area contributed by atoms with Gasteiger partial charge in [0, 0.05) is 5.56 Å². The van der Waals surface area contributed by atoms with Crippen LogP contribution in [0.2, 0.25) is 0 Å². The number of nitrogens with one attached hydrogen (secondary N) is 1. The predicted octanol–water partition coefficient (Wildman–Crippen LogP) is 2.44. The molecule has 0 radical (unpaired) electrons. The number of anilines is 1. The fourth-order valence-corrected chi connectivity index (χ4v) is 1.75. The molecule has 1 amide bonds. The summed E-state index contributed by atoms with van der Waals surface area (Å²) in [4.78, 5) is 12.1. The number of hydrogen-bond donors (Lipinski definition) is 2. The molecule has 98 valence electrons. The van der Waals surface area contributed by atoms with Gasteiger partial charge in [0.05, 0.1) is 19.4 Å². The van der Waals surface area contributed by atoms with E-state index in [9.17, 15) is 4.79 Å². The Morgan fingerprint density at radius 2 is 2.00 bits per heavy atom. The molecule has 0 aliphatic heterocycles. The Morgan fingerprint density at radius 3 is 2.74 bits per heavy atom. The number of benzene rings is 2. The summed E-state index contributed by atoms with van der Waals surface area (Å²) < 4.78 is 5.17. The minimum absolute atomic E-state index is 0.0875.